The molecule has 0 aliphatic heterocycles. The third kappa shape index (κ3) is 6.10. The summed E-state index contributed by atoms with van der Waals surface area (Å²) < 4.78 is 18.5. The van der Waals surface area contributed by atoms with Crippen molar-refractivity contribution in [2.24, 2.45) is 0 Å². The Morgan fingerprint density at radius 1 is 1.00 bits per heavy atom. The second-order valence-corrected chi connectivity index (χ2v) is 6.32. The average molecular weight is 393 g/mol. The maximum Gasteiger partial charge on any atom is 0.244 e. The fraction of sp³-hybridized carbons (Fsp3) is 0.0870. The van der Waals surface area contributed by atoms with Crippen LogP contribution in [0.25, 0.3) is 6.08 Å². The first-order valence-corrected chi connectivity index (χ1v) is 9.00. The summed E-state index contributed by atoms with van der Waals surface area (Å²) in [6.45, 7) is 0.461. The molecule has 0 aromatic heterocycles. The normalized spacial score (nSPS) is 10.8. The van der Waals surface area contributed by atoms with Gasteiger partial charge in [-0.3, -0.25) is 4.79 Å². The van der Waals surface area contributed by atoms with Crippen molar-refractivity contribution in [3.05, 3.63) is 89.8 Å². The molecule has 0 aliphatic rings. The number of hydrogen-bond acceptors (Lipinski definition) is 4. The minimum absolute atomic E-state index is 0.0650. The monoisotopic (exact) mass is 393 g/mol. The molecule has 3 N–H and O–H groups in total. The molecule has 0 saturated heterocycles. The Balaban J connectivity index is 1.55. The molecule has 3 rings (SSSR count). The fourth-order valence-electron chi connectivity index (χ4n) is 2.57. The van der Waals surface area contributed by atoms with Gasteiger partial charge in [0.25, 0.3) is 0 Å². The van der Waals surface area contributed by atoms with Crippen molar-refractivity contribution in [1.82, 2.24) is 5.32 Å². The van der Waals surface area contributed by atoms with Gasteiger partial charge in [0.2, 0.25) is 5.91 Å². The lowest BCUT2D eigenvalue weighted by Gasteiger charge is -2.08. The summed E-state index contributed by atoms with van der Waals surface area (Å²) in [5.41, 5.74) is 1.67. The van der Waals surface area contributed by atoms with Crippen molar-refractivity contribution in [2.45, 2.75) is 6.42 Å². The number of carbonyl (C=O) groups is 1. The summed E-state index contributed by atoms with van der Waals surface area (Å²) >= 11 is 0. The molecule has 0 bridgehead atoms. The highest BCUT2D eigenvalue weighted by molar-refractivity contribution is 5.91. The molecular weight excluding hydrogens is 373 g/mol. The molecule has 0 unspecified atom stereocenters. The van der Waals surface area contributed by atoms with Gasteiger partial charge in [-0.1, -0.05) is 18.2 Å². The zero-order valence-corrected chi connectivity index (χ0v) is 15.5. The van der Waals surface area contributed by atoms with Crippen LogP contribution >= 0.6 is 0 Å². The summed E-state index contributed by atoms with van der Waals surface area (Å²) in [5, 5.41) is 22.0. The molecule has 29 heavy (non-hydrogen) atoms. The summed E-state index contributed by atoms with van der Waals surface area (Å²) in [5.74, 6) is 0.0936. The molecule has 0 spiro atoms. The van der Waals surface area contributed by atoms with Crippen LogP contribution in [0.3, 0.4) is 0 Å². The standard InChI is InChI=1S/C23H20FNO4/c24-18-5-9-20(10-6-18)29-22-15-17(3-11-21(22)27)4-12-23(28)25-14-13-16-1-7-19(26)8-2-16/h1-12,15,26-27H,13-14H2,(H,25,28)/b12-4+. The Kier molecular flexibility index (Phi) is 6.47. The van der Waals surface area contributed by atoms with E-state index in [0.717, 1.165) is 5.56 Å². The number of carbonyl (C=O) groups excluding carboxylic acids is 1. The molecule has 0 atom stereocenters. The lowest BCUT2D eigenvalue weighted by Crippen LogP contribution is -2.23. The van der Waals surface area contributed by atoms with E-state index in [0.29, 0.717) is 24.3 Å². The Labute approximate surface area is 167 Å². The Morgan fingerprint density at radius 2 is 1.72 bits per heavy atom. The smallest absolute Gasteiger partial charge is 0.244 e. The van der Waals surface area contributed by atoms with Gasteiger partial charge in [-0.25, -0.2) is 4.39 Å². The molecule has 0 radical (unpaired) electrons. The van der Waals surface area contributed by atoms with E-state index < -0.39 is 0 Å². The summed E-state index contributed by atoms with van der Waals surface area (Å²) in [6, 6.07) is 16.9. The number of ether oxygens (including phenoxy) is 1. The van der Waals surface area contributed by atoms with E-state index in [1.54, 1.807) is 42.5 Å². The van der Waals surface area contributed by atoms with E-state index >= 15 is 0 Å². The van der Waals surface area contributed by atoms with Crippen molar-refractivity contribution in [1.29, 1.82) is 0 Å². The van der Waals surface area contributed by atoms with Crippen LogP contribution in [0.1, 0.15) is 11.1 Å². The second-order valence-electron chi connectivity index (χ2n) is 6.32. The van der Waals surface area contributed by atoms with E-state index in [1.165, 1.54) is 36.4 Å². The number of nitrogens with one attached hydrogen (secondary N) is 1. The first-order chi connectivity index (χ1) is 14.0. The Hall–Kier alpha value is -3.80. The molecule has 0 heterocycles. The highest BCUT2D eigenvalue weighted by Crippen LogP contribution is 2.31. The van der Waals surface area contributed by atoms with Gasteiger partial charge in [-0.05, 0) is 72.2 Å². The number of rotatable bonds is 7. The predicted molar refractivity (Wildman–Crippen MR) is 108 cm³/mol. The third-order valence-corrected chi connectivity index (χ3v) is 4.10. The van der Waals surface area contributed by atoms with Crippen LogP contribution in [-0.2, 0) is 11.2 Å². The third-order valence-electron chi connectivity index (χ3n) is 4.10. The van der Waals surface area contributed by atoms with E-state index in [-0.39, 0.29) is 29.0 Å². The number of phenols is 2. The van der Waals surface area contributed by atoms with Crippen LogP contribution in [0, 0.1) is 5.82 Å². The first kappa shape index (κ1) is 19.9. The number of phenolic OH excluding ortho intramolecular Hbond substituents is 2. The van der Waals surface area contributed by atoms with Crippen molar-refractivity contribution in [3.63, 3.8) is 0 Å². The number of benzene rings is 3. The number of amides is 1. The van der Waals surface area contributed by atoms with Crippen LogP contribution in [0.2, 0.25) is 0 Å². The number of aromatic hydroxyl groups is 2. The van der Waals surface area contributed by atoms with Gasteiger partial charge in [0.05, 0.1) is 0 Å². The first-order valence-electron chi connectivity index (χ1n) is 9.00. The second kappa shape index (κ2) is 9.41. The summed E-state index contributed by atoms with van der Waals surface area (Å²) in [4.78, 5) is 12.0. The zero-order valence-electron chi connectivity index (χ0n) is 15.5. The molecule has 0 saturated carbocycles. The van der Waals surface area contributed by atoms with E-state index in [2.05, 4.69) is 5.32 Å². The highest BCUT2D eigenvalue weighted by Gasteiger charge is 2.05. The van der Waals surface area contributed by atoms with Gasteiger partial charge < -0.3 is 20.3 Å². The summed E-state index contributed by atoms with van der Waals surface area (Å²) in [7, 11) is 0. The molecular formula is C23H20FNO4. The van der Waals surface area contributed by atoms with Crippen molar-refractivity contribution in [2.75, 3.05) is 6.54 Å². The molecule has 3 aromatic rings. The van der Waals surface area contributed by atoms with Gasteiger partial charge in [0, 0.05) is 12.6 Å². The molecule has 3 aromatic carbocycles. The Bertz CT molecular complexity index is 998. The summed E-state index contributed by atoms with van der Waals surface area (Å²) in [6.07, 6.45) is 3.65. The zero-order chi connectivity index (χ0) is 20.6. The minimum Gasteiger partial charge on any atom is -0.508 e. The van der Waals surface area contributed by atoms with E-state index in [1.807, 2.05) is 0 Å². The van der Waals surface area contributed by atoms with Gasteiger partial charge in [-0.15, -0.1) is 0 Å². The quantitative estimate of drug-likeness (QED) is 0.520. The topological polar surface area (TPSA) is 78.8 Å². The van der Waals surface area contributed by atoms with Crippen LogP contribution in [0.5, 0.6) is 23.0 Å². The van der Waals surface area contributed by atoms with Gasteiger partial charge in [-0.2, -0.15) is 0 Å². The van der Waals surface area contributed by atoms with E-state index in [4.69, 9.17) is 4.74 Å². The van der Waals surface area contributed by atoms with Crippen LogP contribution in [0.4, 0.5) is 4.39 Å². The van der Waals surface area contributed by atoms with Gasteiger partial charge in [0.15, 0.2) is 11.5 Å². The molecule has 0 fully saturated rings. The van der Waals surface area contributed by atoms with Crippen LogP contribution in [-0.4, -0.2) is 22.7 Å². The van der Waals surface area contributed by atoms with Crippen LogP contribution in [0.15, 0.2) is 72.8 Å². The lowest BCUT2D eigenvalue weighted by molar-refractivity contribution is -0.116. The van der Waals surface area contributed by atoms with Crippen molar-refractivity contribution in [3.8, 4) is 23.0 Å². The fourth-order valence-corrected chi connectivity index (χ4v) is 2.57. The number of hydrogen-bond donors (Lipinski definition) is 3. The maximum absolute atomic E-state index is 13.0. The minimum atomic E-state index is -0.380. The largest absolute Gasteiger partial charge is 0.508 e. The predicted octanol–water partition coefficient (Wildman–Crippen LogP) is 4.40. The molecule has 6 heteroatoms. The maximum atomic E-state index is 13.0. The lowest BCUT2D eigenvalue weighted by atomic mass is 10.1. The van der Waals surface area contributed by atoms with Crippen molar-refractivity contribution < 1.29 is 24.1 Å². The van der Waals surface area contributed by atoms with Gasteiger partial charge >= 0.3 is 0 Å². The molecule has 1 amide bonds. The Morgan fingerprint density at radius 3 is 2.45 bits per heavy atom. The van der Waals surface area contributed by atoms with Crippen molar-refractivity contribution >= 4 is 12.0 Å². The molecule has 148 valence electrons. The van der Waals surface area contributed by atoms with E-state index in [9.17, 15) is 19.4 Å². The average Bonchev–Trinajstić information content (AvgIpc) is 2.72. The SMILES string of the molecule is O=C(/C=C/c1ccc(O)c(Oc2ccc(F)cc2)c1)NCCc1ccc(O)cc1. The van der Waals surface area contributed by atoms with Crippen LogP contribution < -0.4 is 10.1 Å². The highest BCUT2D eigenvalue weighted by atomic mass is 19.1. The molecule has 5 nitrogen and oxygen atoms in total. The molecule has 0 aliphatic carbocycles. The van der Waals surface area contributed by atoms with Gasteiger partial charge in [0.1, 0.15) is 17.3 Å². The number of halogens is 1.